The lowest BCUT2D eigenvalue weighted by Gasteiger charge is -2.20. The van der Waals surface area contributed by atoms with Gasteiger partial charge < -0.3 is 10.0 Å². The molecule has 0 aliphatic carbocycles. The van der Waals surface area contributed by atoms with Crippen molar-refractivity contribution in [1.82, 2.24) is 4.90 Å². The van der Waals surface area contributed by atoms with Crippen molar-refractivity contribution in [2.24, 2.45) is 5.92 Å². The van der Waals surface area contributed by atoms with Crippen molar-refractivity contribution in [2.45, 2.75) is 26.7 Å². The van der Waals surface area contributed by atoms with E-state index in [1.54, 1.807) is 0 Å². The van der Waals surface area contributed by atoms with Crippen LogP contribution in [0, 0.1) is 12.8 Å². The molecule has 3 heteroatoms. The molecule has 0 aliphatic heterocycles. The van der Waals surface area contributed by atoms with Gasteiger partial charge in [0, 0.05) is 19.5 Å². The van der Waals surface area contributed by atoms with Crippen LogP contribution in [0.2, 0.25) is 0 Å². The van der Waals surface area contributed by atoms with Gasteiger partial charge in [-0.3, -0.25) is 4.79 Å². The maximum Gasteiger partial charge on any atom is 0.303 e. The maximum atomic E-state index is 10.6. The molecule has 18 heavy (non-hydrogen) atoms. The molecule has 0 amide bonds. The van der Waals surface area contributed by atoms with Crippen LogP contribution in [0.4, 0.5) is 0 Å². The Labute approximate surface area is 109 Å². The fourth-order valence-corrected chi connectivity index (χ4v) is 2.17. The molecule has 0 bridgehead atoms. The van der Waals surface area contributed by atoms with Crippen LogP contribution in [0.1, 0.15) is 24.5 Å². The van der Waals surface area contributed by atoms with Gasteiger partial charge in [0.1, 0.15) is 0 Å². The summed E-state index contributed by atoms with van der Waals surface area (Å²) in [6.45, 7) is 5.88. The number of likely N-dealkylation sites (N-methyl/N-ethyl adjacent to an activating group) is 1. The molecule has 1 rings (SSSR count). The number of nitrogens with zero attached hydrogens (tertiary/aromatic N) is 1. The minimum Gasteiger partial charge on any atom is -0.481 e. The molecule has 100 valence electrons. The Morgan fingerprint density at radius 2 is 2.17 bits per heavy atom. The standard InChI is InChI=1S/C15H23NO2/c1-12-5-4-6-14(9-12)7-8-16(3)11-13(2)10-15(17)18/h4-6,9,13H,7-8,10-11H2,1-3H3,(H,17,18). The van der Waals surface area contributed by atoms with Gasteiger partial charge >= 0.3 is 5.97 Å². The largest absolute Gasteiger partial charge is 0.481 e. The molecular weight excluding hydrogens is 226 g/mol. The summed E-state index contributed by atoms with van der Waals surface area (Å²) < 4.78 is 0. The second-order valence-corrected chi connectivity index (χ2v) is 5.20. The average molecular weight is 249 g/mol. The third-order valence-electron chi connectivity index (χ3n) is 3.01. The molecule has 0 spiro atoms. The Morgan fingerprint density at radius 3 is 2.78 bits per heavy atom. The van der Waals surface area contributed by atoms with Gasteiger partial charge in [-0.15, -0.1) is 0 Å². The molecular formula is C15H23NO2. The van der Waals surface area contributed by atoms with Crippen LogP contribution < -0.4 is 0 Å². The zero-order chi connectivity index (χ0) is 13.5. The molecule has 0 fully saturated rings. The topological polar surface area (TPSA) is 40.5 Å². The smallest absolute Gasteiger partial charge is 0.303 e. The summed E-state index contributed by atoms with van der Waals surface area (Å²) >= 11 is 0. The van der Waals surface area contributed by atoms with Gasteiger partial charge in [0.2, 0.25) is 0 Å². The predicted molar refractivity (Wildman–Crippen MR) is 73.8 cm³/mol. The SMILES string of the molecule is Cc1cccc(CCN(C)CC(C)CC(=O)O)c1. The second-order valence-electron chi connectivity index (χ2n) is 5.20. The summed E-state index contributed by atoms with van der Waals surface area (Å²) in [5, 5.41) is 8.72. The van der Waals surface area contributed by atoms with Crippen LogP contribution in [-0.4, -0.2) is 36.1 Å². The monoisotopic (exact) mass is 249 g/mol. The van der Waals surface area contributed by atoms with Crippen molar-refractivity contribution >= 4 is 5.97 Å². The molecule has 3 nitrogen and oxygen atoms in total. The third-order valence-corrected chi connectivity index (χ3v) is 3.01. The van der Waals surface area contributed by atoms with Crippen LogP contribution >= 0.6 is 0 Å². The number of carboxylic acids is 1. The third kappa shape index (κ3) is 5.82. The molecule has 0 radical (unpaired) electrons. The Hall–Kier alpha value is -1.35. The first-order valence-corrected chi connectivity index (χ1v) is 6.43. The van der Waals surface area contributed by atoms with Crippen molar-refractivity contribution < 1.29 is 9.90 Å². The number of benzene rings is 1. The zero-order valence-corrected chi connectivity index (χ0v) is 11.5. The lowest BCUT2D eigenvalue weighted by Crippen LogP contribution is -2.27. The van der Waals surface area contributed by atoms with E-state index in [4.69, 9.17) is 5.11 Å². The zero-order valence-electron chi connectivity index (χ0n) is 11.5. The van der Waals surface area contributed by atoms with Gasteiger partial charge in [-0.25, -0.2) is 0 Å². The Morgan fingerprint density at radius 1 is 1.44 bits per heavy atom. The van der Waals surface area contributed by atoms with Gasteiger partial charge in [-0.2, -0.15) is 0 Å². The number of hydrogen-bond acceptors (Lipinski definition) is 2. The first-order chi connectivity index (χ1) is 8.47. The highest BCUT2D eigenvalue weighted by Crippen LogP contribution is 2.07. The Balaban J connectivity index is 2.32. The van der Waals surface area contributed by atoms with Crippen molar-refractivity contribution in [1.29, 1.82) is 0 Å². The lowest BCUT2D eigenvalue weighted by atomic mass is 10.1. The van der Waals surface area contributed by atoms with Crippen LogP contribution in [0.25, 0.3) is 0 Å². The van der Waals surface area contributed by atoms with Gasteiger partial charge in [-0.05, 0) is 31.9 Å². The molecule has 0 saturated carbocycles. The van der Waals surface area contributed by atoms with E-state index >= 15 is 0 Å². The molecule has 0 aromatic heterocycles. The van der Waals surface area contributed by atoms with E-state index in [2.05, 4.69) is 36.1 Å². The van der Waals surface area contributed by atoms with Crippen LogP contribution in [0.15, 0.2) is 24.3 Å². The Bertz CT molecular complexity index is 390. The molecule has 1 aromatic carbocycles. The van der Waals surface area contributed by atoms with E-state index in [0.717, 1.165) is 19.5 Å². The molecule has 1 atom stereocenters. The first-order valence-electron chi connectivity index (χ1n) is 6.43. The van der Waals surface area contributed by atoms with Crippen molar-refractivity contribution in [2.75, 3.05) is 20.1 Å². The van der Waals surface area contributed by atoms with E-state index in [0.29, 0.717) is 0 Å². The van der Waals surface area contributed by atoms with Crippen molar-refractivity contribution in [3.8, 4) is 0 Å². The maximum absolute atomic E-state index is 10.6. The highest BCUT2D eigenvalue weighted by molar-refractivity contribution is 5.66. The Kier molecular flexibility index (Phi) is 5.86. The fraction of sp³-hybridized carbons (Fsp3) is 0.533. The van der Waals surface area contributed by atoms with Gasteiger partial charge in [0.15, 0.2) is 0 Å². The highest BCUT2D eigenvalue weighted by atomic mass is 16.4. The van der Waals surface area contributed by atoms with E-state index in [-0.39, 0.29) is 12.3 Å². The van der Waals surface area contributed by atoms with Gasteiger partial charge in [0.25, 0.3) is 0 Å². The average Bonchev–Trinajstić information content (AvgIpc) is 2.25. The molecule has 1 N–H and O–H groups in total. The summed E-state index contributed by atoms with van der Waals surface area (Å²) in [4.78, 5) is 12.8. The molecule has 0 aliphatic rings. The number of rotatable bonds is 7. The van der Waals surface area contributed by atoms with E-state index in [9.17, 15) is 4.79 Å². The summed E-state index contributed by atoms with van der Waals surface area (Å²) in [5.41, 5.74) is 2.63. The van der Waals surface area contributed by atoms with Crippen LogP contribution in [0.3, 0.4) is 0 Å². The summed E-state index contributed by atoms with van der Waals surface area (Å²) in [5.74, 6) is -0.514. The van der Waals surface area contributed by atoms with Crippen molar-refractivity contribution in [3.05, 3.63) is 35.4 Å². The van der Waals surface area contributed by atoms with E-state index in [1.165, 1.54) is 11.1 Å². The lowest BCUT2D eigenvalue weighted by molar-refractivity contribution is -0.138. The molecule has 1 aromatic rings. The summed E-state index contributed by atoms with van der Waals surface area (Å²) in [7, 11) is 2.05. The van der Waals surface area contributed by atoms with E-state index < -0.39 is 5.97 Å². The second kappa shape index (κ2) is 7.17. The number of carbonyl (C=O) groups is 1. The number of hydrogen-bond donors (Lipinski definition) is 1. The number of aryl methyl sites for hydroxylation is 1. The molecule has 0 heterocycles. The summed E-state index contributed by atoms with van der Waals surface area (Å²) in [6, 6.07) is 8.52. The summed E-state index contributed by atoms with van der Waals surface area (Å²) in [6.07, 6.45) is 1.26. The van der Waals surface area contributed by atoms with Gasteiger partial charge in [-0.1, -0.05) is 36.8 Å². The minimum atomic E-state index is -0.713. The first kappa shape index (κ1) is 14.7. The number of aliphatic carboxylic acids is 1. The van der Waals surface area contributed by atoms with Crippen LogP contribution in [0.5, 0.6) is 0 Å². The molecule has 0 saturated heterocycles. The van der Waals surface area contributed by atoms with Crippen molar-refractivity contribution in [3.63, 3.8) is 0 Å². The normalized spacial score (nSPS) is 12.7. The fourth-order valence-electron chi connectivity index (χ4n) is 2.17. The quantitative estimate of drug-likeness (QED) is 0.807. The van der Waals surface area contributed by atoms with E-state index in [1.807, 2.05) is 14.0 Å². The molecule has 1 unspecified atom stereocenters. The van der Waals surface area contributed by atoms with Crippen LogP contribution in [-0.2, 0) is 11.2 Å². The predicted octanol–water partition coefficient (Wildman–Crippen LogP) is 2.58. The number of carboxylic acid groups (broad SMARTS) is 1. The highest BCUT2D eigenvalue weighted by Gasteiger charge is 2.10. The minimum absolute atomic E-state index is 0.199. The van der Waals surface area contributed by atoms with Gasteiger partial charge in [0.05, 0.1) is 0 Å².